The molecule has 0 saturated carbocycles. The highest BCUT2D eigenvalue weighted by Gasteiger charge is 2.29. The Morgan fingerprint density at radius 1 is 1.04 bits per heavy atom. The molecule has 4 nitrogen and oxygen atoms in total. The van der Waals surface area contributed by atoms with E-state index in [0.29, 0.717) is 19.5 Å². The van der Waals surface area contributed by atoms with Crippen LogP contribution in [0, 0.1) is 12.8 Å². The first-order chi connectivity index (χ1) is 12.5. The first kappa shape index (κ1) is 18.2. The summed E-state index contributed by atoms with van der Waals surface area (Å²) in [5, 5.41) is 0. The Morgan fingerprint density at radius 3 is 2.38 bits per heavy atom. The summed E-state index contributed by atoms with van der Waals surface area (Å²) in [5.41, 5.74) is 3.14. The molecule has 0 N–H and O–H groups in total. The minimum Gasteiger partial charge on any atom is -0.342 e. The molecule has 1 aliphatic heterocycles. The highest BCUT2D eigenvalue weighted by Crippen LogP contribution is 2.23. The van der Waals surface area contributed by atoms with Crippen molar-refractivity contribution in [2.24, 2.45) is 5.92 Å². The number of amides is 2. The highest BCUT2D eigenvalue weighted by molar-refractivity contribution is 5.94. The summed E-state index contributed by atoms with van der Waals surface area (Å²) in [4.78, 5) is 28.9. The SMILES string of the molecule is Cc1cccc(CC(=O)N2CCC(C(=O)N(C)c3ccccc3)CC2)c1. The van der Waals surface area contributed by atoms with Gasteiger partial charge in [-0.25, -0.2) is 0 Å². The molecular formula is C22H26N2O2. The fraction of sp³-hybridized carbons (Fsp3) is 0.364. The Balaban J connectivity index is 1.53. The van der Waals surface area contributed by atoms with Crippen LogP contribution in [0.15, 0.2) is 54.6 Å². The molecule has 1 heterocycles. The molecule has 1 saturated heterocycles. The maximum absolute atomic E-state index is 12.7. The Bertz CT molecular complexity index is 765. The normalized spacial score (nSPS) is 14.9. The molecule has 0 bridgehead atoms. The maximum Gasteiger partial charge on any atom is 0.229 e. The Morgan fingerprint density at radius 2 is 1.73 bits per heavy atom. The van der Waals surface area contributed by atoms with Gasteiger partial charge in [0.05, 0.1) is 6.42 Å². The summed E-state index contributed by atoms with van der Waals surface area (Å²) >= 11 is 0. The predicted molar refractivity (Wildman–Crippen MR) is 104 cm³/mol. The summed E-state index contributed by atoms with van der Waals surface area (Å²) < 4.78 is 0. The molecule has 0 aromatic heterocycles. The fourth-order valence-corrected chi connectivity index (χ4v) is 3.54. The molecule has 3 rings (SSSR count). The van der Waals surface area contributed by atoms with E-state index in [1.54, 1.807) is 4.90 Å². The van der Waals surface area contributed by atoms with Crippen LogP contribution in [0.4, 0.5) is 5.69 Å². The van der Waals surface area contributed by atoms with Crippen LogP contribution in [0.25, 0.3) is 0 Å². The molecule has 2 aromatic rings. The number of hydrogen-bond acceptors (Lipinski definition) is 2. The number of para-hydroxylation sites is 1. The molecule has 1 fully saturated rings. The van der Waals surface area contributed by atoms with E-state index in [4.69, 9.17) is 0 Å². The highest BCUT2D eigenvalue weighted by atomic mass is 16.2. The van der Waals surface area contributed by atoms with Crippen molar-refractivity contribution in [3.8, 4) is 0 Å². The van der Waals surface area contributed by atoms with Gasteiger partial charge in [-0.15, -0.1) is 0 Å². The van der Waals surface area contributed by atoms with Gasteiger partial charge in [0, 0.05) is 31.7 Å². The number of aryl methyl sites for hydroxylation is 1. The zero-order valence-corrected chi connectivity index (χ0v) is 15.5. The molecule has 0 aliphatic carbocycles. The van der Waals surface area contributed by atoms with E-state index in [-0.39, 0.29) is 17.7 Å². The molecule has 2 amide bonds. The van der Waals surface area contributed by atoms with Gasteiger partial charge in [0.1, 0.15) is 0 Å². The van der Waals surface area contributed by atoms with Crippen molar-refractivity contribution in [3.05, 3.63) is 65.7 Å². The van der Waals surface area contributed by atoms with Crippen molar-refractivity contribution < 1.29 is 9.59 Å². The van der Waals surface area contributed by atoms with Gasteiger partial charge < -0.3 is 9.80 Å². The molecule has 0 spiro atoms. The van der Waals surface area contributed by atoms with Crippen molar-refractivity contribution in [2.75, 3.05) is 25.0 Å². The number of hydrogen-bond donors (Lipinski definition) is 0. The molecule has 2 aromatic carbocycles. The summed E-state index contributed by atoms with van der Waals surface area (Å²) in [7, 11) is 1.83. The molecule has 1 aliphatic rings. The lowest BCUT2D eigenvalue weighted by atomic mass is 9.94. The third kappa shape index (κ3) is 4.31. The van der Waals surface area contributed by atoms with E-state index < -0.39 is 0 Å². The van der Waals surface area contributed by atoms with Crippen molar-refractivity contribution in [2.45, 2.75) is 26.2 Å². The molecule has 26 heavy (non-hydrogen) atoms. The Labute approximate surface area is 155 Å². The van der Waals surface area contributed by atoms with E-state index in [2.05, 4.69) is 6.07 Å². The summed E-state index contributed by atoms with van der Waals surface area (Å²) in [6.07, 6.45) is 1.90. The summed E-state index contributed by atoms with van der Waals surface area (Å²) in [6, 6.07) is 17.8. The average Bonchev–Trinajstić information content (AvgIpc) is 2.67. The first-order valence-corrected chi connectivity index (χ1v) is 9.20. The maximum atomic E-state index is 12.7. The van der Waals surface area contributed by atoms with Gasteiger partial charge in [-0.3, -0.25) is 9.59 Å². The Kier molecular flexibility index (Phi) is 5.71. The van der Waals surface area contributed by atoms with Crippen LogP contribution in [0.5, 0.6) is 0 Å². The lowest BCUT2D eigenvalue weighted by Gasteiger charge is -2.33. The first-order valence-electron chi connectivity index (χ1n) is 9.20. The summed E-state index contributed by atoms with van der Waals surface area (Å²) in [6.45, 7) is 3.35. The number of anilines is 1. The van der Waals surface area contributed by atoms with Crippen molar-refractivity contribution in [3.63, 3.8) is 0 Å². The minimum absolute atomic E-state index is 0.0109. The van der Waals surface area contributed by atoms with Crippen molar-refractivity contribution >= 4 is 17.5 Å². The molecule has 0 atom stereocenters. The monoisotopic (exact) mass is 350 g/mol. The number of carbonyl (C=O) groups is 2. The van der Waals surface area contributed by atoms with Crippen LogP contribution >= 0.6 is 0 Å². The van der Waals surface area contributed by atoms with Gasteiger partial charge in [-0.05, 0) is 37.5 Å². The third-order valence-corrected chi connectivity index (χ3v) is 5.11. The van der Waals surface area contributed by atoms with Gasteiger partial charge >= 0.3 is 0 Å². The van der Waals surface area contributed by atoms with Crippen LogP contribution in [0.1, 0.15) is 24.0 Å². The van der Waals surface area contributed by atoms with Gasteiger partial charge in [-0.2, -0.15) is 0 Å². The number of likely N-dealkylation sites (tertiary alicyclic amines) is 1. The zero-order valence-electron chi connectivity index (χ0n) is 15.5. The van der Waals surface area contributed by atoms with E-state index in [1.807, 2.05) is 67.4 Å². The zero-order chi connectivity index (χ0) is 18.5. The van der Waals surface area contributed by atoms with E-state index in [0.717, 1.165) is 24.1 Å². The van der Waals surface area contributed by atoms with Gasteiger partial charge in [-0.1, -0.05) is 48.0 Å². The second-order valence-corrected chi connectivity index (χ2v) is 7.05. The Hall–Kier alpha value is -2.62. The van der Waals surface area contributed by atoms with Crippen LogP contribution in [-0.4, -0.2) is 36.9 Å². The lowest BCUT2D eigenvalue weighted by molar-refractivity contribution is -0.134. The second-order valence-electron chi connectivity index (χ2n) is 7.05. The smallest absolute Gasteiger partial charge is 0.229 e. The third-order valence-electron chi connectivity index (χ3n) is 5.11. The summed E-state index contributed by atoms with van der Waals surface area (Å²) in [5.74, 6) is 0.281. The van der Waals surface area contributed by atoms with E-state index in [9.17, 15) is 9.59 Å². The molecular weight excluding hydrogens is 324 g/mol. The molecule has 0 unspecified atom stereocenters. The minimum atomic E-state index is -0.0109. The average molecular weight is 350 g/mol. The molecule has 4 heteroatoms. The fourth-order valence-electron chi connectivity index (χ4n) is 3.54. The molecule has 136 valence electrons. The largest absolute Gasteiger partial charge is 0.342 e. The number of benzene rings is 2. The van der Waals surface area contributed by atoms with Gasteiger partial charge in [0.15, 0.2) is 0 Å². The standard InChI is InChI=1S/C22H26N2O2/c1-17-7-6-8-18(15-17)16-21(25)24-13-11-19(12-14-24)22(26)23(2)20-9-4-3-5-10-20/h3-10,15,19H,11-14,16H2,1-2H3. The van der Waals surface area contributed by atoms with Crippen LogP contribution < -0.4 is 4.90 Å². The van der Waals surface area contributed by atoms with Crippen LogP contribution in [0.2, 0.25) is 0 Å². The van der Waals surface area contributed by atoms with Crippen molar-refractivity contribution in [1.29, 1.82) is 0 Å². The van der Waals surface area contributed by atoms with Gasteiger partial charge in [0.2, 0.25) is 11.8 Å². The van der Waals surface area contributed by atoms with Crippen molar-refractivity contribution in [1.82, 2.24) is 4.90 Å². The second kappa shape index (κ2) is 8.17. The number of rotatable bonds is 4. The van der Waals surface area contributed by atoms with Crippen LogP contribution in [-0.2, 0) is 16.0 Å². The van der Waals surface area contributed by atoms with Crippen LogP contribution in [0.3, 0.4) is 0 Å². The number of carbonyl (C=O) groups excluding carboxylic acids is 2. The van der Waals surface area contributed by atoms with Gasteiger partial charge in [0.25, 0.3) is 0 Å². The predicted octanol–water partition coefficient (Wildman–Crippen LogP) is 3.44. The quantitative estimate of drug-likeness (QED) is 0.847. The topological polar surface area (TPSA) is 40.6 Å². The molecule has 0 radical (unpaired) electrons. The number of nitrogens with zero attached hydrogens (tertiary/aromatic N) is 2. The lowest BCUT2D eigenvalue weighted by Crippen LogP contribution is -2.44. The number of piperidine rings is 1. The van der Waals surface area contributed by atoms with E-state index in [1.165, 1.54) is 5.56 Å². The van der Waals surface area contributed by atoms with E-state index >= 15 is 0 Å².